The predicted octanol–water partition coefficient (Wildman–Crippen LogP) is 2.10. The van der Waals surface area contributed by atoms with E-state index in [1.165, 1.54) is 5.56 Å². The molecule has 0 radical (unpaired) electrons. The molecule has 1 amide bonds. The van der Waals surface area contributed by atoms with Gasteiger partial charge < -0.3 is 15.4 Å². The van der Waals surface area contributed by atoms with Gasteiger partial charge in [-0.3, -0.25) is 4.79 Å². The number of rotatable bonds is 2. The zero-order chi connectivity index (χ0) is 14.3. The van der Waals surface area contributed by atoms with Crippen LogP contribution in [0.3, 0.4) is 0 Å². The minimum atomic E-state index is -0.192. The molecule has 0 aromatic heterocycles. The second kappa shape index (κ2) is 4.69. The van der Waals surface area contributed by atoms with Crippen LogP contribution in [0.25, 0.3) is 0 Å². The molecule has 1 aromatic carbocycles. The van der Waals surface area contributed by atoms with E-state index in [1.54, 1.807) is 0 Å². The molecule has 1 fully saturated rings. The van der Waals surface area contributed by atoms with Crippen LogP contribution in [0.15, 0.2) is 18.2 Å². The van der Waals surface area contributed by atoms with Gasteiger partial charge in [0.2, 0.25) is 5.91 Å². The largest absolute Gasteiger partial charge is 0.487 e. The van der Waals surface area contributed by atoms with Gasteiger partial charge in [0.25, 0.3) is 0 Å². The summed E-state index contributed by atoms with van der Waals surface area (Å²) in [6.45, 7) is 5.86. The van der Waals surface area contributed by atoms with Gasteiger partial charge in [-0.05, 0) is 44.7 Å². The number of nitrogens with two attached hydrogens (primary N) is 1. The molecule has 0 bridgehead atoms. The molecule has 108 valence electrons. The average Bonchev–Trinajstić information content (AvgIpc) is 2.86. The molecule has 4 nitrogen and oxygen atoms in total. The van der Waals surface area contributed by atoms with E-state index in [0.717, 1.165) is 43.8 Å². The first kappa shape index (κ1) is 13.3. The summed E-state index contributed by atoms with van der Waals surface area (Å²) in [6.07, 6.45) is 2.96. The molecule has 1 unspecified atom stereocenters. The number of hydrogen-bond donors (Lipinski definition) is 1. The van der Waals surface area contributed by atoms with Crippen molar-refractivity contribution in [3.05, 3.63) is 23.8 Å². The zero-order valence-corrected chi connectivity index (χ0v) is 12.2. The van der Waals surface area contributed by atoms with Crippen LogP contribution in [-0.2, 0) is 11.2 Å². The van der Waals surface area contributed by atoms with Gasteiger partial charge in [0.15, 0.2) is 0 Å². The Labute approximate surface area is 119 Å². The summed E-state index contributed by atoms with van der Waals surface area (Å²) < 4.78 is 6.08. The van der Waals surface area contributed by atoms with Crippen molar-refractivity contribution in [3.63, 3.8) is 0 Å². The highest BCUT2D eigenvalue weighted by atomic mass is 16.5. The highest BCUT2D eigenvalue weighted by Gasteiger charge is 2.29. The average molecular weight is 274 g/mol. The van der Waals surface area contributed by atoms with Crippen molar-refractivity contribution in [2.45, 2.75) is 38.7 Å². The highest BCUT2D eigenvalue weighted by Crippen LogP contribution is 2.36. The van der Waals surface area contributed by atoms with E-state index in [1.807, 2.05) is 0 Å². The number of amides is 1. The molecule has 2 aliphatic heterocycles. The molecule has 2 aliphatic rings. The number of fused-ring (bicyclic) bond motifs is 1. The van der Waals surface area contributed by atoms with Crippen molar-refractivity contribution >= 4 is 11.6 Å². The second-order valence-corrected chi connectivity index (χ2v) is 6.49. The van der Waals surface area contributed by atoms with Crippen LogP contribution in [0.2, 0.25) is 0 Å². The highest BCUT2D eigenvalue weighted by molar-refractivity contribution is 5.78. The Kier molecular flexibility index (Phi) is 3.11. The van der Waals surface area contributed by atoms with Gasteiger partial charge in [-0.25, -0.2) is 0 Å². The number of ether oxygens (including phenoxy) is 1. The second-order valence-electron chi connectivity index (χ2n) is 6.49. The number of primary amides is 1. The minimum Gasteiger partial charge on any atom is -0.487 e. The summed E-state index contributed by atoms with van der Waals surface area (Å²) in [7, 11) is 0. The Balaban J connectivity index is 1.81. The van der Waals surface area contributed by atoms with Gasteiger partial charge in [-0.1, -0.05) is 6.07 Å². The van der Waals surface area contributed by atoms with Gasteiger partial charge >= 0.3 is 0 Å². The normalized spacial score (nSPS) is 24.1. The fraction of sp³-hybridized carbons (Fsp3) is 0.562. The Morgan fingerprint density at radius 3 is 2.95 bits per heavy atom. The topological polar surface area (TPSA) is 55.6 Å². The van der Waals surface area contributed by atoms with Gasteiger partial charge in [0, 0.05) is 24.8 Å². The fourth-order valence-corrected chi connectivity index (χ4v) is 3.05. The first-order valence-electron chi connectivity index (χ1n) is 7.31. The molecule has 0 saturated carbocycles. The van der Waals surface area contributed by atoms with Gasteiger partial charge in [-0.2, -0.15) is 0 Å². The van der Waals surface area contributed by atoms with E-state index in [4.69, 9.17) is 10.5 Å². The molecule has 4 heteroatoms. The molecule has 0 aliphatic carbocycles. The van der Waals surface area contributed by atoms with Crippen molar-refractivity contribution in [3.8, 4) is 5.75 Å². The molecule has 1 atom stereocenters. The van der Waals surface area contributed by atoms with E-state index in [2.05, 4.69) is 36.9 Å². The van der Waals surface area contributed by atoms with Crippen LogP contribution in [0.4, 0.5) is 5.69 Å². The number of aryl methyl sites for hydroxylation is 1. The molecular weight excluding hydrogens is 252 g/mol. The SMILES string of the molecule is CC1(C)CCc2ccc(N3CCC(C(N)=O)C3)cc2O1. The van der Waals surface area contributed by atoms with Crippen LogP contribution >= 0.6 is 0 Å². The van der Waals surface area contributed by atoms with Crippen LogP contribution in [0, 0.1) is 5.92 Å². The van der Waals surface area contributed by atoms with Crippen LogP contribution in [-0.4, -0.2) is 24.6 Å². The molecule has 2 heterocycles. The summed E-state index contributed by atoms with van der Waals surface area (Å²) in [5.41, 5.74) is 7.71. The van der Waals surface area contributed by atoms with E-state index in [0.29, 0.717) is 0 Å². The Hall–Kier alpha value is -1.71. The number of carbonyl (C=O) groups is 1. The Bertz CT molecular complexity index is 539. The number of nitrogens with zero attached hydrogens (tertiary/aromatic N) is 1. The molecule has 1 saturated heterocycles. The number of benzene rings is 1. The van der Waals surface area contributed by atoms with Crippen molar-refractivity contribution in [1.29, 1.82) is 0 Å². The minimum absolute atomic E-state index is 0.0246. The molecule has 0 spiro atoms. The number of anilines is 1. The third kappa shape index (κ3) is 2.47. The summed E-state index contributed by atoms with van der Waals surface area (Å²) in [5.74, 6) is 0.771. The van der Waals surface area contributed by atoms with Crippen molar-refractivity contribution < 1.29 is 9.53 Å². The van der Waals surface area contributed by atoms with Gasteiger partial charge in [0.05, 0.1) is 5.92 Å². The predicted molar refractivity (Wildman–Crippen MR) is 79.0 cm³/mol. The van der Waals surface area contributed by atoms with Gasteiger partial charge in [-0.15, -0.1) is 0 Å². The summed E-state index contributed by atoms with van der Waals surface area (Å²) >= 11 is 0. The van der Waals surface area contributed by atoms with Crippen LogP contribution in [0.5, 0.6) is 5.75 Å². The lowest BCUT2D eigenvalue weighted by molar-refractivity contribution is -0.121. The lowest BCUT2D eigenvalue weighted by Crippen LogP contribution is -2.32. The van der Waals surface area contributed by atoms with Crippen molar-refractivity contribution in [2.75, 3.05) is 18.0 Å². The van der Waals surface area contributed by atoms with Crippen molar-refractivity contribution in [2.24, 2.45) is 11.7 Å². The monoisotopic (exact) mass is 274 g/mol. The van der Waals surface area contributed by atoms with Crippen LogP contribution in [0.1, 0.15) is 32.3 Å². The summed E-state index contributed by atoms with van der Waals surface area (Å²) in [5, 5.41) is 0. The molecule has 1 aromatic rings. The first-order valence-corrected chi connectivity index (χ1v) is 7.31. The standard InChI is InChI=1S/C16H22N2O2/c1-16(2)7-5-11-3-4-13(9-14(11)20-16)18-8-6-12(10-18)15(17)19/h3-4,9,12H,5-8,10H2,1-2H3,(H2,17,19). The molecule has 2 N–H and O–H groups in total. The maximum atomic E-state index is 11.3. The van der Waals surface area contributed by atoms with E-state index >= 15 is 0 Å². The van der Waals surface area contributed by atoms with Crippen LogP contribution < -0.4 is 15.4 Å². The third-order valence-electron chi connectivity index (χ3n) is 4.39. The van der Waals surface area contributed by atoms with Gasteiger partial charge in [0.1, 0.15) is 11.4 Å². The molecular formula is C16H22N2O2. The smallest absolute Gasteiger partial charge is 0.222 e. The van der Waals surface area contributed by atoms with E-state index in [-0.39, 0.29) is 17.4 Å². The third-order valence-corrected chi connectivity index (χ3v) is 4.39. The first-order chi connectivity index (χ1) is 9.44. The molecule has 20 heavy (non-hydrogen) atoms. The quantitative estimate of drug-likeness (QED) is 0.898. The van der Waals surface area contributed by atoms with E-state index < -0.39 is 0 Å². The lowest BCUT2D eigenvalue weighted by Gasteiger charge is -2.33. The van der Waals surface area contributed by atoms with E-state index in [9.17, 15) is 4.79 Å². The summed E-state index contributed by atoms with van der Waals surface area (Å²) in [6, 6.07) is 6.39. The Morgan fingerprint density at radius 1 is 1.45 bits per heavy atom. The lowest BCUT2D eigenvalue weighted by atomic mass is 9.94. The van der Waals surface area contributed by atoms with Crippen molar-refractivity contribution in [1.82, 2.24) is 0 Å². The maximum absolute atomic E-state index is 11.3. The maximum Gasteiger partial charge on any atom is 0.222 e. The molecule has 3 rings (SSSR count). The summed E-state index contributed by atoms with van der Waals surface area (Å²) in [4.78, 5) is 13.5. The number of carbonyl (C=O) groups excluding carboxylic acids is 1. The fourth-order valence-electron chi connectivity index (χ4n) is 3.05. The Morgan fingerprint density at radius 2 is 2.25 bits per heavy atom. The number of hydrogen-bond acceptors (Lipinski definition) is 3. The zero-order valence-electron chi connectivity index (χ0n) is 12.2.